The number of thiophene rings is 1. The number of likely N-dealkylation sites (tertiary alicyclic amines) is 1. The fourth-order valence-electron chi connectivity index (χ4n) is 3.63. The second-order valence-corrected chi connectivity index (χ2v) is 8.93. The Balaban J connectivity index is 1.33. The number of nitrogens with zero attached hydrogens (tertiary/aromatic N) is 3. The summed E-state index contributed by atoms with van der Waals surface area (Å²) in [6.07, 6.45) is 2.59. The molecule has 0 saturated carbocycles. The Morgan fingerprint density at radius 3 is 2.66 bits per heavy atom. The molecule has 152 valence electrons. The Kier molecular flexibility index (Phi) is 6.92. The maximum absolute atomic E-state index is 4.75. The third kappa shape index (κ3) is 5.23. The van der Waals surface area contributed by atoms with Crippen molar-refractivity contribution in [2.45, 2.75) is 25.4 Å². The molecular weight excluding hydrogens is 398 g/mol. The quantitative estimate of drug-likeness (QED) is 0.436. The summed E-state index contributed by atoms with van der Waals surface area (Å²) in [5, 5.41) is 12.3. The third-order valence-electron chi connectivity index (χ3n) is 5.15. The minimum atomic E-state index is 0.403. The molecule has 3 aromatic rings. The van der Waals surface area contributed by atoms with E-state index in [1.54, 1.807) is 11.3 Å². The molecule has 1 unspecified atom stereocenters. The molecule has 0 aliphatic carbocycles. The summed E-state index contributed by atoms with van der Waals surface area (Å²) in [5.41, 5.74) is 2.20. The molecule has 1 aliphatic heterocycles. The van der Waals surface area contributed by atoms with E-state index < -0.39 is 0 Å². The highest BCUT2D eigenvalue weighted by Crippen LogP contribution is 2.28. The standard InChI is InChI=1S/C22H27N5S2/c1-23-22(24-14-18-16-29-21(26-18)17-8-3-2-4-9-17)25-15-19(20-10-7-13-28-20)27-11-5-6-12-27/h2-4,7-10,13,16,19H,5-6,11-12,14-15H2,1H3,(H2,23,24,25). The van der Waals surface area contributed by atoms with Crippen LogP contribution in [0.15, 0.2) is 58.2 Å². The summed E-state index contributed by atoms with van der Waals surface area (Å²) in [6.45, 7) is 3.87. The van der Waals surface area contributed by atoms with Gasteiger partial charge in [-0.25, -0.2) is 4.98 Å². The Hall–Kier alpha value is -2.22. The van der Waals surface area contributed by atoms with Crippen molar-refractivity contribution in [1.29, 1.82) is 0 Å². The van der Waals surface area contributed by atoms with Crippen LogP contribution in [0.3, 0.4) is 0 Å². The van der Waals surface area contributed by atoms with E-state index >= 15 is 0 Å². The van der Waals surface area contributed by atoms with Crippen LogP contribution in [0.4, 0.5) is 0 Å². The number of rotatable bonds is 7. The average Bonchev–Trinajstić information content (AvgIpc) is 3.54. The van der Waals surface area contributed by atoms with Gasteiger partial charge in [-0.2, -0.15) is 0 Å². The third-order valence-corrected chi connectivity index (χ3v) is 7.06. The van der Waals surface area contributed by atoms with Crippen LogP contribution >= 0.6 is 22.7 Å². The predicted octanol–water partition coefficient (Wildman–Crippen LogP) is 4.37. The van der Waals surface area contributed by atoms with Crippen LogP contribution in [0.2, 0.25) is 0 Å². The van der Waals surface area contributed by atoms with Crippen molar-refractivity contribution >= 4 is 28.6 Å². The molecule has 0 radical (unpaired) electrons. The van der Waals surface area contributed by atoms with E-state index in [1.807, 2.05) is 36.6 Å². The SMILES string of the molecule is CN=C(NCc1csc(-c2ccccc2)n1)NCC(c1cccs1)N1CCCC1. The molecule has 5 nitrogen and oxygen atoms in total. The first kappa shape index (κ1) is 20.1. The molecule has 3 heterocycles. The number of hydrogen-bond acceptors (Lipinski definition) is 5. The number of hydrogen-bond donors (Lipinski definition) is 2. The molecule has 0 bridgehead atoms. The zero-order valence-corrected chi connectivity index (χ0v) is 18.3. The molecule has 2 N–H and O–H groups in total. The predicted molar refractivity (Wildman–Crippen MR) is 124 cm³/mol. The molecule has 1 fully saturated rings. The van der Waals surface area contributed by atoms with Crippen LogP contribution in [0.1, 0.15) is 29.5 Å². The van der Waals surface area contributed by atoms with Gasteiger partial charge in [0.1, 0.15) is 5.01 Å². The first-order chi connectivity index (χ1) is 14.3. The molecule has 0 spiro atoms. The lowest BCUT2D eigenvalue weighted by Gasteiger charge is -2.27. The van der Waals surface area contributed by atoms with Crippen LogP contribution < -0.4 is 10.6 Å². The summed E-state index contributed by atoms with van der Waals surface area (Å²) in [6, 6.07) is 15.1. The molecule has 2 aromatic heterocycles. The van der Waals surface area contributed by atoms with Gasteiger partial charge in [-0.15, -0.1) is 22.7 Å². The second-order valence-electron chi connectivity index (χ2n) is 7.09. The number of benzene rings is 1. The highest BCUT2D eigenvalue weighted by molar-refractivity contribution is 7.13. The molecule has 1 aromatic carbocycles. The highest BCUT2D eigenvalue weighted by atomic mass is 32.1. The van der Waals surface area contributed by atoms with Gasteiger partial charge in [-0.05, 0) is 37.4 Å². The second kappa shape index (κ2) is 10.0. The zero-order chi connectivity index (χ0) is 19.9. The van der Waals surface area contributed by atoms with Gasteiger partial charge in [0.2, 0.25) is 0 Å². The Morgan fingerprint density at radius 1 is 1.10 bits per heavy atom. The minimum Gasteiger partial charge on any atom is -0.354 e. The molecule has 0 amide bonds. The lowest BCUT2D eigenvalue weighted by Crippen LogP contribution is -2.42. The first-order valence-corrected chi connectivity index (χ1v) is 11.8. The number of guanidine groups is 1. The van der Waals surface area contributed by atoms with Gasteiger partial charge in [0, 0.05) is 29.4 Å². The van der Waals surface area contributed by atoms with Crippen LogP contribution in [0, 0.1) is 0 Å². The first-order valence-electron chi connectivity index (χ1n) is 10.1. The topological polar surface area (TPSA) is 52.6 Å². The van der Waals surface area contributed by atoms with Gasteiger partial charge in [-0.3, -0.25) is 9.89 Å². The lowest BCUT2D eigenvalue weighted by atomic mass is 10.2. The van der Waals surface area contributed by atoms with Crippen molar-refractivity contribution in [3.05, 3.63) is 63.8 Å². The molecule has 1 aliphatic rings. The summed E-state index contributed by atoms with van der Waals surface area (Å²) < 4.78 is 0. The summed E-state index contributed by atoms with van der Waals surface area (Å²) in [7, 11) is 1.82. The number of aliphatic imine (C=N–C) groups is 1. The number of thiazole rings is 1. The van der Waals surface area contributed by atoms with E-state index in [4.69, 9.17) is 4.98 Å². The van der Waals surface area contributed by atoms with Crippen molar-refractivity contribution in [2.75, 3.05) is 26.7 Å². The van der Waals surface area contributed by atoms with Crippen molar-refractivity contribution in [3.63, 3.8) is 0 Å². The van der Waals surface area contributed by atoms with Crippen molar-refractivity contribution in [2.24, 2.45) is 4.99 Å². The molecule has 1 atom stereocenters. The highest BCUT2D eigenvalue weighted by Gasteiger charge is 2.24. The maximum Gasteiger partial charge on any atom is 0.191 e. The van der Waals surface area contributed by atoms with E-state index in [9.17, 15) is 0 Å². The number of nitrogens with one attached hydrogen (secondary N) is 2. The summed E-state index contributed by atoms with van der Waals surface area (Å²) in [5.74, 6) is 0.819. The molecular formula is C22H27N5S2. The largest absolute Gasteiger partial charge is 0.354 e. The van der Waals surface area contributed by atoms with Crippen molar-refractivity contribution in [3.8, 4) is 10.6 Å². The van der Waals surface area contributed by atoms with Crippen LogP contribution in [0.5, 0.6) is 0 Å². The van der Waals surface area contributed by atoms with Crippen LogP contribution in [-0.2, 0) is 6.54 Å². The monoisotopic (exact) mass is 425 g/mol. The van der Waals surface area contributed by atoms with E-state index in [2.05, 4.69) is 55.6 Å². The summed E-state index contributed by atoms with van der Waals surface area (Å²) in [4.78, 5) is 13.2. The van der Waals surface area contributed by atoms with Gasteiger partial charge in [0.05, 0.1) is 18.3 Å². The van der Waals surface area contributed by atoms with E-state index in [0.717, 1.165) is 28.8 Å². The van der Waals surface area contributed by atoms with Gasteiger partial charge >= 0.3 is 0 Å². The Bertz CT molecular complexity index is 898. The van der Waals surface area contributed by atoms with Gasteiger partial charge in [0.15, 0.2) is 5.96 Å². The van der Waals surface area contributed by atoms with Crippen molar-refractivity contribution < 1.29 is 0 Å². The Labute approximate surface area is 180 Å². The number of aromatic nitrogens is 1. The van der Waals surface area contributed by atoms with E-state index in [0.29, 0.717) is 12.6 Å². The normalized spacial score (nSPS) is 16.1. The lowest BCUT2D eigenvalue weighted by molar-refractivity contribution is 0.249. The molecule has 7 heteroatoms. The van der Waals surface area contributed by atoms with Gasteiger partial charge in [0.25, 0.3) is 0 Å². The molecule has 1 saturated heterocycles. The average molecular weight is 426 g/mol. The van der Waals surface area contributed by atoms with Crippen LogP contribution in [0.25, 0.3) is 10.6 Å². The van der Waals surface area contributed by atoms with Crippen LogP contribution in [-0.4, -0.2) is 42.5 Å². The summed E-state index contributed by atoms with van der Waals surface area (Å²) >= 11 is 3.52. The zero-order valence-electron chi connectivity index (χ0n) is 16.7. The van der Waals surface area contributed by atoms with Crippen molar-refractivity contribution in [1.82, 2.24) is 20.5 Å². The fraction of sp³-hybridized carbons (Fsp3) is 0.364. The maximum atomic E-state index is 4.75. The van der Waals surface area contributed by atoms with E-state index in [-0.39, 0.29) is 0 Å². The minimum absolute atomic E-state index is 0.403. The fourth-order valence-corrected chi connectivity index (χ4v) is 5.32. The molecule has 4 rings (SSSR count). The Morgan fingerprint density at radius 2 is 1.93 bits per heavy atom. The smallest absolute Gasteiger partial charge is 0.191 e. The van der Waals surface area contributed by atoms with E-state index in [1.165, 1.54) is 30.8 Å². The van der Waals surface area contributed by atoms with Gasteiger partial charge in [-0.1, -0.05) is 36.4 Å². The van der Waals surface area contributed by atoms with Gasteiger partial charge < -0.3 is 10.6 Å². The molecule has 29 heavy (non-hydrogen) atoms.